The van der Waals surface area contributed by atoms with E-state index in [0.717, 1.165) is 16.6 Å². The summed E-state index contributed by atoms with van der Waals surface area (Å²) in [7, 11) is 1.84. The molecule has 2 N–H and O–H groups in total. The molecule has 1 amide bonds. The Kier molecular flexibility index (Phi) is 6.02. The number of carbonyl (C=O) groups is 1. The lowest BCUT2D eigenvalue weighted by atomic mass is 10.1. The van der Waals surface area contributed by atoms with Crippen LogP contribution in [0, 0.1) is 0 Å². The van der Waals surface area contributed by atoms with Gasteiger partial charge in [-0.05, 0) is 30.9 Å². The van der Waals surface area contributed by atoms with E-state index in [9.17, 15) is 4.79 Å². The topological polar surface area (TPSA) is 46.3 Å². The molecule has 0 aliphatic rings. The molecule has 5 heteroatoms. The molecule has 0 aliphatic heterocycles. The minimum atomic E-state index is -0.0188. The van der Waals surface area contributed by atoms with Gasteiger partial charge in [0.1, 0.15) is 0 Å². The Morgan fingerprint density at radius 2 is 2.22 bits per heavy atom. The smallest absolute Gasteiger partial charge is 0.256 e. The number of benzene rings is 1. The molecule has 0 bridgehead atoms. The maximum Gasteiger partial charge on any atom is 0.256 e. The number of halogens is 1. The van der Waals surface area contributed by atoms with Gasteiger partial charge in [-0.1, -0.05) is 22.9 Å². The first-order valence-electron chi connectivity index (χ1n) is 5.82. The second-order valence-electron chi connectivity index (χ2n) is 4.17. The van der Waals surface area contributed by atoms with Crippen LogP contribution in [-0.2, 0) is 0 Å². The van der Waals surface area contributed by atoms with Crippen LogP contribution in [0.3, 0.4) is 0 Å². The third-order valence-corrected chi connectivity index (χ3v) is 4.16. The Hall–Kier alpha value is -0.680. The predicted octanol–water partition coefficient (Wildman–Crippen LogP) is 3.24. The van der Waals surface area contributed by atoms with Crippen molar-refractivity contribution >= 4 is 39.3 Å². The van der Waals surface area contributed by atoms with Gasteiger partial charge in [0.05, 0.1) is 5.56 Å². The molecule has 0 aromatic heterocycles. The van der Waals surface area contributed by atoms with Gasteiger partial charge in [-0.2, -0.15) is 11.8 Å². The van der Waals surface area contributed by atoms with Gasteiger partial charge >= 0.3 is 0 Å². The fraction of sp³-hybridized carbons (Fsp3) is 0.462. The number of hydrogen-bond acceptors (Lipinski definition) is 3. The van der Waals surface area contributed by atoms with Gasteiger partial charge in [0.15, 0.2) is 0 Å². The Morgan fingerprint density at radius 1 is 1.56 bits per heavy atom. The number of amides is 1. The maximum atomic E-state index is 12.4. The van der Waals surface area contributed by atoms with Crippen molar-refractivity contribution in [3.8, 4) is 0 Å². The van der Waals surface area contributed by atoms with E-state index < -0.39 is 0 Å². The fourth-order valence-electron chi connectivity index (χ4n) is 1.77. The van der Waals surface area contributed by atoms with Crippen LogP contribution in [0.5, 0.6) is 0 Å². The van der Waals surface area contributed by atoms with E-state index in [-0.39, 0.29) is 11.9 Å². The molecule has 0 heterocycles. The monoisotopic (exact) mass is 330 g/mol. The van der Waals surface area contributed by atoms with Crippen LogP contribution in [0.15, 0.2) is 22.7 Å². The van der Waals surface area contributed by atoms with E-state index in [4.69, 9.17) is 5.73 Å². The zero-order chi connectivity index (χ0) is 13.7. The van der Waals surface area contributed by atoms with Crippen molar-refractivity contribution < 1.29 is 4.79 Å². The zero-order valence-corrected chi connectivity index (χ0v) is 13.3. The third kappa shape index (κ3) is 3.65. The van der Waals surface area contributed by atoms with Crippen molar-refractivity contribution in [3.63, 3.8) is 0 Å². The number of nitrogens with two attached hydrogens (primary N) is 1. The highest BCUT2D eigenvalue weighted by Crippen LogP contribution is 2.21. The van der Waals surface area contributed by atoms with Crippen LogP contribution in [0.4, 0.5) is 5.69 Å². The summed E-state index contributed by atoms with van der Waals surface area (Å²) in [5.74, 6) is 0.918. The molecule has 1 atom stereocenters. The van der Waals surface area contributed by atoms with Crippen LogP contribution in [0.1, 0.15) is 23.7 Å². The van der Waals surface area contributed by atoms with Crippen molar-refractivity contribution in [3.05, 3.63) is 28.2 Å². The van der Waals surface area contributed by atoms with Crippen LogP contribution < -0.4 is 5.73 Å². The van der Waals surface area contributed by atoms with Crippen LogP contribution in [0.25, 0.3) is 0 Å². The Bertz CT molecular complexity index is 425. The Morgan fingerprint density at radius 3 is 2.78 bits per heavy atom. The van der Waals surface area contributed by atoms with Crippen molar-refractivity contribution in [1.82, 2.24) is 4.90 Å². The molecular weight excluding hydrogens is 312 g/mol. The van der Waals surface area contributed by atoms with E-state index in [1.807, 2.05) is 13.1 Å². The summed E-state index contributed by atoms with van der Waals surface area (Å²) in [6.45, 7) is 2.09. The first-order chi connectivity index (χ1) is 8.51. The summed E-state index contributed by atoms with van der Waals surface area (Å²) in [5.41, 5.74) is 6.95. The number of anilines is 1. The fourth-order valence-corrected chi connectivity index (χ4v) is 2.97. The van der Waals surface area contributed by atoms with E-state index >= 15 is 0 Å². The molecule has 0 spiro atoms. The lowest BCUT2D eigenvalue weighted by Gasteiger charge is -2.27. The normalized spacial score (nSPS) is 12.2. The standard InChI is InChI=1S/C13H19BrN2OS/c1-4-10(8-18-3)16(2)13(17)11-7-9(14)5-6-12(11)15/h5-7,10H,4,8,15H2,1-3H3. The molecule has 0 radical (unpaired) electrons. The quantitative estimate of drug-likeness (QED) is 0.843. The summed E-state index contributed by atoms with van der Waals surface area (Å²) < 4.78 is 0.867. The van der Waals surface area contributed by atoms with Crippen molar-refractivity contribution in [2.24, 2.45) is 0 Å². The van der Waals surface area contributed by atoms with Crippen molar-refractivity contribution in [2.75, 3.05) is 24.8 Å². The lowest BCUT2D eigenvalue weighted by Crippen LogP contribution is -2.38. The van der Waals surface area contributed by atoms with Gasteiger partial charge in [-0.3, -0.25) is 4.79 Å². The average Bonchev–Trinajstić information content (AvgIpc) is 2.37. The van der Waals surface area contributed by atoms with Crippen LogP contribution >= 0.6 is 27.7 Å². The SMILES string of the molecule is CCC(CSC)N(C)C(=O)c1cc(Br)ccc1N. The van der Waals surface area contributed by atoms with E-state index in [0.29, 0.717) is 11.3 Å². The van der Waals surface area contributed by atoms with Gasteiger partial charge in [0.2, 0.25) is 0 Å². The highest BCUT2D eigenvalue weighted by atomic mass is 79.9. The van der Waals surface area contributed by atoms with Gasteiger partial charge in [0.25, 0.3) is 5.91 Å². The number of hydrogen-bond donors (Lipinski definition) is 1. The first kappa shape index (κ1) is 15.4. The molecular formula is C13H19BrN2OS. The molecule has 1 unspecified atom stereocenters. The minimum absolute atomic E-state index is 0.0188. The molecule has 0 aliphatic carbocycles. The molecule has 3 nitrogen and oxygen atoms in total. The Labute approximate surface area is 121 Å². The van der Waals surface area contributed by atoms with Gasteiger partial charge in [0, 0.05) is 29.0 Å². The van der Waals surface area contributed by atoms with E-state index in [1.54, 1.807) is 28.8 Å². The van der Waals surface area contributed by atoms with E-state index in [1.165, 1.54) is 0 Å². The number of carbonyl (C=O) groups excluding carboxylic acids is 1. The highest BCUT2D eigenvalue weighted by Gasteiger charge is 2.21. The van der Waals surface area contributed by atoms with Gasteiger partial charge in [-0.25, -0.2) is 0 Å². The van der Waals surface area contributed by atoms with Crippen LogP contribution in [0.2, 0.25) is 0 Å². The first-order valence-corrected chi connectivity index (χ1v) is 8.01. The number of nitrogens with zero attached hydrogens (tertiary/aromatic N) is 1. The summed E-state index contributed by atoms with van der Waals surface area (Å²) >= 11 is 5.12. The van der Waals surface area contributed by atoms with Crippen molar-refractivity contribution in [2.45, 2.75) is 19.4 Å². The lowest BCUT2D eigenvalue weighted by molar-refractivity contribution is 0.0744. The predicted molar refractivity (Wildman–Crippen MR) is 83.1 cm³/mol. The molecule has 100 valence electrons. The molecule has 0 saturated heterocycles. The van der Waals surface area contributed by atoms with Gasteiger partial charge < -0.3 is 10.6 Å². The summed E-state index contributed by atoms with van der Waals surface area (Å²) in [4.78, 5) is 14.2. The van der Waals surface area contributed by atoms with Crippen molar-refractivity contribution in [1.29, 1.82) is 0 Å². The average molecular weight is 331 g/mol. The van der Waals surface area contributed by atoms with Gasteiger partial charge in [-0.15, -0.1) is 0 Å². The maximum absolute atomic E-state index is 12.4. The minimum Gasteiger partial charge on any atom is -0.398 e. The molecule has 0 fully saturated rings. The Balaban J connectivity index is 2.95. The summed E-state index contributed by atoms with van der Waals surface area (Å²) in [6, 6.07) is 5.61. The third-order valence-electron chi connectivity index (χ3n) is 2.94. The molecule has 1 rings (SSSR count). The molecule has 0 saturated carbocycles. The molecule has 1 aromatic carbocycles. The second-order valence-corrected chi connectivity index (χ2v) is 5.99. The largest absolute Gasteiger partial charge is 0.398 e. The molecule has 1 aromatic rings. The number of thioether (sulfide) groups is 1. The van der Waals surface area contributed by atoms with Crippen LogP contribution in [-0.4, -0.2) is 35.9 Å². The number of rotatable bonds is 5. The summed E-state index contributed by atoms with van der Waals surface area (Å²) in [6.07, 6.45) is 2.99. The highest BCUT2D eigenvalue weighted by molar-refractivity contribution is 9.10. The number of nitrogen functional groups attached to an aromatic ring is 1. The second kappa shape index (κ2) is 7.04. The summed E-state index contributed by atoms with van der Waals surface area (Å²) in [5, 5.41) is 0. The zero-order valence-electron chi connectivity index (χ0n) is 10.9. The van der Waals surface area contributed by atoms with E-state index in [2.05, 4.69) is 29.1 Å². The molecule has 18 heavy (non-hydrogen) atoms.